The highest BCUT2D eigenvalue weighted by molar-refractivity contribution is 5.15. The average molecular weight is 189 g/mol. The number of hydrogen-bond donors (Lipinski definition) is 0. The van der Waals surface area contributed by atoms with Gasteiger partial charge in [-0.1, -0.05) is 30.3 Å². The van der Waals surface area contributed by atoms with E-state index in [1.54, 1.807) is 0 Å². The predicted molar refractivity (Wildman–Crippen MR) is 60.4 cm³/mol. The molecule has 0 atom stereocenters. The van der Waals surface area contributed by atoms with Crippen LogP contribution in [0, 0.1) is 5.92 Å². The second-order valence-corrected chi connectivity index (χ2v) is 4.44. The van der Waals surface area contributed by atoms with Gasteiger partial charge in [0.1, 0.15) is 0 Å². The van der Waals surface area contributed by atoms with Gasteiger partial charge in [0.15, 0.2) is 0 Å². The molecule has 0 unspecified atom stereocenters. The van der Waals surface area contributed by atoms with Gasteiger partial charge in [-0.05, 0) is 50.9 Å². The van der Waals surface area contributed by atoms with Crippen molar-refractivity contribution in [3.05, 3.63) is 35.9 Å². The summed E-state index contributed by atoms with van der Waals surface area (Å²) in [6.45, 7) is 2.55. The van der Waals surface area contributed by atoms with E-state index in [-0.39, 0.29) is 0 Å². The van der Waals surface area contributed by atoms with Crippen molar-refractivity contribution in [2.45, 2.75) is 19.3 Å². The van der Waals surface area contributed by atoms with Crippen LogP contribution in [0.5, 0.6) is 0 Å². The topological polar surface area (TPSA) is 3.24 Å². The first-order valence-electron chi connectivity index (χ1n) is 5.57. The van der Waals surface area contributed by atoms with Gasteiger partial charge in [-0.15, -0.1) is 0 Å². The summed E-state index contributed by atoms with van der Waals surface area (Å²) in [4.78, 5) is 2.43. The lowest BCUT2D eigenvalue weighted by Crippen LogP contribution is -2.30. The van der Waals surface area contributed by atoms with Crippen molar-refractivity contribution in [2.75, 3.05) is 20.1 Å². The van der Waals surface area contributed by atoms with Crippen LogP contribution in [0.15, 0.2) is 30.3 Å². The van der Waals surface area contributed by atoms with Gasteiger partial charge in [0, 0.05) is 0 Å². The van der Waals surface area contributed by atoms with Gasteiger partial charge in [0.2, 0.25) is 0 Å². The van der Waals surface area contributed by atoms with Gasteiger partial charge in [0.05, 0.1) is 0 Å². The predicted octanol–water partition coefficient (Wildman–Crippen LogP) is 2.57. The van der Waals surface area contributed by atoms with Crippen LogP contribution < -0.4 is 0 Å². The molecule has 14 heavy (non-hydrogen) atoms. The van der Waals surface area contributed by atoms with Crippen LogP contribution in [0.25, 0.3) is 0 Å². The second kappa shape index (κ2) is 4.61. The fourth-order valence-electron chi connectivity index (χ4n) is 2.21. The lowest BCUT2D eigenvalue weighted by atomic mass is 9.90. The molecule has 0 N–H and O–H groups in total. The van der Waals surface area contributed by atoms with Crippen molar-refractivity contribution in [1.29, 1.82) is 0 Å². The van der Waals surface area contributed by atoms with Crippen molar-refractivity contribution in [3.8, 4) is 0 Å². The van der Waals surface area contributed by atoms with E-state index in [2.05, 4.69) is 42.3 Å². The van der Waals surface area contributed by atoms with Crippen molar-refractivity contribution in [3.63, 3.8) is 0 Å². The molecule has 1 heterocycles. The highest BCUT2D eigenvalue weighted by atomic mass is 15.1. The SMILES string of the molecule is CN1CCC(Cc2ccccc2)CC1. The van der Waals surface area contributed by atoms with Gasteiger partial charge in [-0.2, -0.15) is 0 Å². The molecule has 1 nitrogen and oxygen atoms in total. The first-order valence-corrected chi connectivity index (χ1v) is 5.57. The van der Waals surface area contributed by atoms with E-state index < -0.39 is 0 Å². The Bertz CT molecular complexity index is 260. The Labute approximate surface area is 86.7 Å². The molecular weight excluding hydrogens is 170 g/mol. The summed E-state index contributed by atoms with van der Waals surface area (Å²) in [6.07, 6.45) is 4.01. The molecule has 0 bridgehead atoms. The minimum atomic E-state index is 0.911. The third-order valence-electron chi connectivity index (χ3n) is 3.21. The molecule has 0 spiro atoms. The summed E-state index contributed by atoms with van der Waals surface area (Å²) in [6, 6.07) is 10.9. The second-order valence-electron chi connectivity index (χ2n) is 4.44. The van der Waals surface area contributed by atoms with Crippen LogP contribution in [0.3, 0.4) is 0 Å². The molecule has 1 saturated heterocycles. The quantitative estimate of drug-likeness (QED) is 0.691. The van der Waals surface area contributed by atoms with Crippen LogP contribution in [-0.2, 0) is 6.42 Å². The van der Waals surface area contributed by atoms with E-state index >= 15 is 0 Å². The number of nitrogens with zero attached hydrogens (tertiary/aromatic N) is 1. The first kappa shape index (κ1) is 9.72. The van der Waals surface area contributed by atoms with E-state index in [4.69, 9.17) is 0 Å². The zero-order valence-electron chi connectivity index (χ0n) is 8.95. The lowest BCUT2D eigenvalue weighted by Gasteiger charge is -2.28. The Kier molecular flexibility index (Phi) is 3.20. The Morgan fingerprint density at radius 3 is 2.43 bits per heavy atom. The molecule has 0 aromatic heterocycles. The molecule has 76 valence electrons. The minimum Gasteiger partial charge on any atom is -0.306 e. The van der Waals surface area contributed by atoms with E-state index in [0.717, 1.165) is 5.92 Å². The fourth-order valence-corrected chi connectivity index (χ4v) is 2.21. The average Bonchev–Trinajstić information content (AvgIpc) is 2.23. The summed E-state index contributed by atoms with van der Waals surface area (Å²) < 4.78 is 0. The van der Waals surface area contributed by atoms with Crippen molar-refractivity contribution in [1.82, 2.24) is 4.90 Å². The zero-order valence-corrected chi connectivity index (χ0v) is 8.95. The maximum absolute atomic E-state index is 2.43. The van der Waals surface area contributed by atoms with Crippen LogP contribution in [0.4, 0.5) is 0 Å². The van der Waals surface area contributed by atoms with Crippen LogP contribution in [0.2, 0.25) is 0 Å². The van der Waals surface area contributed by atoms with Gasteiger partial charge < -0.3 is 4.90 Å². The Hall–Kier alpha value is -0.820. The molecule has 1 aromatic carbocycles. The van der Waals surface area contributed by atoms with Gasteiger partial charge in [-0.25, -0.2) is 0 Å². The van der Waals surface area contributed by atoms with Crippen LogP contribution >= 0.6 is 0 Å². The third-order valence-corrected chi connectivity index (χ3v) is 3.21. The van der Waals surface area contributed by atoms with Crippen LogP contribution in [0.1, 0.15) is 18.4 Å². The first-order chi connectivity index (χ1) is 6.84. The molecule has 0 radical (unpaired) electrons. The smallest absolute Gasteiger partial charge is 0.00190 e. The van der Waals surface area contributed by atoms with E-state index in [0.29, 0.717) is 0 Å². The molecule has 1 aliphatic rings. The van der Waals surface area contributed by atoms with Crippen molar-refractivity contribution < 1.29 is 0 Å². The fraction of sp³-hybridized carbons (Fsp3) is 0.538. The number of piperidine rings is 1. The molecule has 1 heteroatoms. The van der Waals surface area contributed by atoms with Crippen LogP contribution in [-0.4, -0.2) is 25.0 Å². The minimum absolute atomic E-state index is 0.911. The third kappa shape index (κ3) is 2.58. The maximum Gasteiger partial charge on any atom is -0.00190 e. The normalized spacial score (nSPS) is 19.8. The Morgan fingerprint density at radius 2 is 1.79 bits per heavy atom. The summed E-state index contributed by atoms with van der Waals surface area (Å²) in [5.74, 6) is 0.911. The van der Waals surface area contributed by atoms with Gasteiger partial charge in [0.25, 0.3) is 0 Å². The molecule has 1 aliphatic heterocycles. The number of rotatable bonds is 2. The number of benzene rings is 1. The summed E-state index contributed by atoms with van der Waals surface area (Å²) in [5.41, 5.74) is 1.50. The monoisotopic (exact) mass is 189 g/mol. The largest absolute Gasteiger partial charge is 0.306 e. The van der Waals surface area contributed by atoms with Crippen molar-refractivity contribution >= 4 is 0 Å². The number of hydrogen-bond acceptors (Lipinski definition) is 1. The van der Waals surface area contributed by atoms with Gasteiger partial charge in [-0.3, -0.25) is 0 Å². The highest BCUT2D eigenvalue weighted by Gasteiger charge is 2.16. The van der Waals surface area contributed by atoms with Gasteiger partial charge >= 0.3 is 0 Å². The maximum atomic E-state index is 2.43. The highest BCUT2D eigenvalue weighted by Crippen LogP contribution is 2.20. The summed E-state index contributed by atoms with van der Waals surface area (Å²) in [7, 11) is 2.22. The zero-order chi connectivity index (χ0) is 9.80. The Morgan fingerprint density at radius 1 is 1.14 bits per heavy atom. The van der Waals surface area contributed by atoms with E-state index in [9.17, 15) is 0 Å². The summed E-state index contributed by atoms with van der Waals surface area (Å²) in [5, 5.41) is 0. The lowest BCUT2D eigenvalue weighted by molar-refractivity contribution is 0.219. The number of likely N-dealkylation sites (tertiary alicyclic amines) is 1. The molecule has 0 saturated carbocycles. The molecule has 1 aromatic rings. The molecule has 0 amide bonds. The summed E-state index contributed by atoms with van der Waals surface area (Å²) >= 11 is 0. The van der Waals surface area contributed by atoms with E-state index in [1.807, 2.05) is 0 Å². The van der Waals surface area contributed by atoms with E-state index in [1.165, 1.54) is 37.9 Å². The molecule has 2 rings (SSSR count). The molecule has 1 fully saturated rings. The standard InChI is InChI=1S/C13H19N/c1-14-9-7-13(8-10-14)11-12-5-3-2-4-6-12/h2-6,13H,7-11H2,1H3. The van der Waals surface area contributed by atoms with Crippen molar-refractivity contribution in [2.24, 2.45) is 5.92 Å². The molecular formula is C13H19N. The Balaban J connectivity index is 1.87. The molecule has 0 aliphatic carbocycles.